The van der Waals surface area contributed by atoms with Crippen molar-refractivity contribution in [2.45, 2.75) is 31.0 Å². The molecule has 3 N–H and O–H groups in total. The van der Waals surface area contributed by atoms with Crippen molar-refractivity contribution < 1.29 is 14.4 Å². The molecule has 3 aromatic carbocycles. The van der Waals surface area contributed by atoms with Crippen LogP contribution in [0.1, 0.15) is 11.1 Å². The van der Waals surface area contributed by atoms with Crippen molar-refractivity contribution in [2.24, 2.45) is 0 Å². The van der Waals surface area contributed by atoms with Crippen LogP contribution in [0, 0.1) is 0 Å². The van der Waals surface area contributed by atoms with Gasteiger partial charge in [-0.2, -0.15) is 0 Å². The molecule has 0 radical (unpaired) electrons. The standard InChI is InChI=1S/C30H37N5O3/c1-31-28(36)26(18-21-9-5-4-6-10-21)34(2)30(38)27(35(3)29(37)25-20-32-15-16-33-25)19-22-13-14-23-11-7-8-12-24(23)17-22/h4-14,17,25-27,32-33H,15-16,18-20H2,1-3H3,(H,31,36)/t25-,26-,27-/m1/s1. The van der Waals surface area contributed by atoms with Crippen LogP contribution in [0.5, 0.6) is 0 Å². The van der Waals surface area contributed by atoms with Crippen molar-refractivity contribution in [1.82, 2.24) is 25.8 Å². The van der Waals surface area contributed by atoms with Crippen LogP contribution in [0.4, 0.5) is 0 Å². The Morgan fingerprint density at radius 1 is 0.842 bits per heavy atom. The van der Waals surface area contributed by atoms with Gasteiger partial charge in [0.25, 0.3) is 0 Å². The zero-order valence-electron chi connectivity index (χ0n) is 22.3. The molecule has 8 heteroatoms. The van der Waals surface area contributed by atoms with E-state index in [1.54, 1.807) is 26.0 Å². The molecule has 1 fully saturated rings. The van der Waals surface area contributed by atoms with E-state index in [0.29, 0.717) is 25.9 Å². The number of fused-ring (bicyclic) bond motifs is 1. The minimum atomic E-state index is -0.777. The number of piperazine rings is 1. The van der Waals surface area contributed by atoms with E-state index in [4.69, 9.17) is 0 Å². The van der Waals surface area contributed by atoms with Gasteiger partial charge in [-0.15, -0.1) is 0 Å². The van der Waals surface area contributed by atoms with Crippen molar-refractivity contribution in [3.63, 3.8) is 0 Å². The highest BCUT2D eigenvalue weighted by Gasteiger charge is 2.36. The second kappa shape index (κ2) is 12.7. The number of amides is 3. The van der Waals surface area contributed by atoms with Gasteiger partial charge >= 0.3 is 0 Å². The van der Waals surface area contributed by atoms with Crippen molar-refractivity contribution in [3.05, 3.63) is 83.9 Å². The van der Waals surface area contributed by atoms with Crippen LogP contribution in [0.25, 0.3) is 10.8 Å². The Balaban J connectivity index is 1.64. The van der Waals surface area contributed by atoms with Crippen LogP contribution in [0.15, 0.2) is 72.8 Å². The summed E-state index contributed by atoms with van der Waals surface area (Å²) >= 11 is 0. The maximum absolute atomic E-state index is 14.1. The van der Waals surface area contributed by atoms with Gasteiger partial charge in [-0.05, 0) is 21.9 Å². The molecular formula is C30H37N5O3. The van der Waals surface area contributed by atoms with E-state index in [0.717, 1.165) is 28.4 Å². The molecule has 1 aliphatic heterocycles. The van der Waals surface area contributed by atoms with E-state index in [1.807, 2.05) is 66.7 Å². The third-order valence-electron chi connectivity index (χ3n) is 7.32. The van der Waals surface area contributed by atoms with Crippen LogP contribution in [0.2, 0.25) is 0 Å². The predicted molar refractivity (Wildman–Crippen MR) is 150 cm³/mol. The fourth-order valence-electron chi connectivity index (χ4n) is 5.00. The van der Waals surface area contributed by atoms with Crippen LogP contribution in [-0.2, 0) is 27.2 Å². The number of benzene rings is 3. The zero-order chi connectivity index (χ0) is 27.1. The summed E-state index contributed by atoms with van der Waals surface area (Å²) in [6.07, 6.45) is 0.708. The third kappa shape index (κ3) is 6.38. The number of hydrogen-bond acceptors (Lipinski definition) is 5. The van der Waals surface area contributed by atoms with E-state index in [2.05, 4.69) is 22.0 Å². The number of carbonyl (C=O) groups is 3. The molecule has 3 amide bonds. The highest BCUT2D eigenvalue weighted by Crippen LogP contribution is 2.20. The first kappa shape index (κ1) is 27.3. The monoisotopic (exact) mass is 515 g/mol. The molecule has 38 heavy (non-hydrogen) atoms. The van der Waals surface area contributed by atoms with E-state index >= 15 is 0 Å². The van der Waals surface area contributed by atoms with Gasteiger partial charge in [-0.3, -0.25) is 14.4 Å². The summed E-state index contributed by atoms with van der Waals surface area (Å²) in [5.41, 5.74) is 1.90. The van der Waals surface area contributed by atoms with Crippen LogP contribution in [0.3, 0.4) is 0 Å². The van der Waals surface area contributed by atoms with Gasteiger partial charge in [0.1, 0.15) is 12.1 Å². The molecule has 1 aliphatic rings. The van der Waals surface area contributed by atoms with Crippen LogP contribution < -0.4 is 16.0 Å². The van der Waals surface area contributed by atoms with Crippen molar-refractivity contribution in [3.8, 4) is 0 Å². The lowest BCUT2D eigenvalue weighted by Gasteiger charge is -2.36. The largest absolute Gasteiger partial charge is 0.357 e. The second-order valence-corrected chi connectivity index (χ2v) is 9.83. The molecule has 3 atom stereocenters. The molecule has 3 aromatic rings. The smallest absolute Gasteiger partial charge is 0.246 e. The molecule has 8 nitrogen and oxygen atoms in total. The zero-order valence-corrected chi connectivity index (χ0v) is 22.3. The average Bonchev–Trinajstić information content (AvgIpc) is 2.97. The number of carbonyl (C=O) groups excluding carboxylic acids is 3. The van der Waals surface area contributed by atoms with Gasteiger partial charge in [0.2, 0.25) is 17.7 Å². The lowest BCUT2D eigenvalue weighted by Crippen LogP contribution is -2.61. The Morgan fingerprint density at radius 3 is 2.21 bits per heavy atom. The fraction of sp³-hybridized carbons (Fsp3) is 0.367. The van der Waals surface area contributed by atoms with Crippen molar-refractivity contribution in [1.29, 1.82) is 0 Å². The Morgan fingerprint density at radius 2 is 1.53 bits per heavy atom. The first-order valence-electron chi connectivity index (χ1n) is 13.1. The molecule has 0 saturated carbocycles. The molecule has 0 bridgehead atoms. The van der Waals surface area contributed by atoms with Gasteiger partial charge < -0.3 is 25.8 Å². The summed E-state index contributed by atoms with van der Waals surface area (Å²) < 4.78 is 0. The van der Waals surface area contributed by atoms with Gasteiger partial charge in [0.05, 0.1) is 6.04 Å². The maximum Gasteiger partial charge on any atom is 0.246 e. The Kier molecular flexibility index (Phi) is 9.10. The van der Waals surface area contributed by atoms with Crippen LogP contribution in [-0.4, -0.2) is 86.4 Å². The Bertz CT molecular complexity index is 1260. The summed E-state index contributed by atoms with van der Waals surface area (Å²) in [4.78, 5) is 43.6. The number of nitrogens with zero attached hydrogens (tertiary/aromatic N) is 2. The summed E-state index contributed by atoms with van der Waals surface area (Å²) in [6, 6.07) is 21.9. The van der Waals surface area contributed by atoms with Crippen LogP contribution >= 0.6 is 0 Å². The van der Waals surface area contributed by atoms with Crippen molar-refractivity contribution in [2.75, 3.05) is 40.8 Å². The topological polar surface area (TPSA) is 93.8 Å². The number of hydrogen-bond donors (Lipinski definition) is 3. The minimum absolute atomic E-state index is 0.149. The molecule has 4 rings (SSSR count). The lowest BCUT2D eigenvalue weighted by molar-refractivity contribution is -0.148. The normalized spacial score (nSPS) is 16.9. The molecule has 1 saturated heterocycles. The third-order valence-corrected chi connectivity index (χ3v) is 7.32. The van der Waals surface area contributed by atoms with E-state index in [-0.39, 0.29) is 17.7 Å². The summed E-state index contributed by atoms with van der Waals surface area (Å²) in [7, 11) is 4.90. The van der Waals surface area contributed by atoms with Gasteiger partial charge in [-0.1, -0.05) is 72.8 Å². The molecule has 0 aromatic heterocycles. The van der Waals surface area contributed by atoms with Crippen molar-refractivity contribution >= 4 is 28.5 Å². The lowest BCUT2D eigenvalue weighted by atomic mass is 9.98. The van der Waals surface area contributed by atoms with Gasteiger partial charge in [-0.25, -0.2) is 0 Å². The summed E-state index contributed by atoms with van der Waals surface area (Å²) in [5, 5.41) is 11.4. The fourth-order valence-corrected chi connectivity index (χ4v) is 5.00. The van der Waals surface area contributed by atoms with E-state index < -0.39 is 18.1 Å². The molecule has 1 heterocycles. The maximum atomic E-state index is 14.1. The summed E-state index contributed by atoms with van der Waals surface area (Å²) in [6.45, 7) is 1.98. The number of rotatable bonds is 9. The molecular weight excluding hydrogens is 478 g/mol. The predicted octanol–water partition coefficient (Wildman–Crippen LogP) is 1.59. The van der Waals surface area contributed by atoms with E-state index in [1.165, 1.54) is 4.90 Å². The highest BCUT2D eigenvalue weighted by molar-refractivity contribution is 5.93. The van der Waals surface area contributed by atoms with Gasteiger partial charge in [0, 0.05) is 53.6 Å². The SMILES string of the molecule is CNC(=O)[C@@H](Cc1ccccc1)N(C)C(=O)[C@@H](Cc1ccc2ccccc2c1)N(C)C(=O)[C@H]1CNCCN1. The minimum Gasteiger partial charge on any atom is -0.357 e. The first-order chi connectivity index (χ1) is 18.4. The molecule has 0 unspecified atom stereocenters. The van der Waals surface area contributed by atoms with Gasteiger partial charge in [0.15, 0.2) is 0 Å². The quantitative estimate of drug-likeness (QED) is 0.403. The average molecular weight is 516 g/mol. The molecule has 200 valence electrons. The first-order valence-corrected chi connectivity index (χ1v) is 13.1. The van der Waals surface area contributed by atoms with E-state index in [9.17, 15) is 14.4 Å². The summed E-state index contributed by atoms with van der Waals surface area (Å²) in [5.74, 6) is -0.673. The second-order valence-electron chi connectivity index (χ2n) is 9.83. The molecule has 0 spiro atoms. The Labute approximate surface area is 224 Å². The Hall–Kier alpha value is -3.75. The molecule has 0 aliphatic carbocycles. The highest BCUT2D eigenvalue weighted by atomic mass is 16.2. The number of likely N-dealkylation sites (N-methyl/N-ethyl adjacent to an activating group) is 3. The number of nitrogens with one attached hydrogen (secondary N) is 3.